The van der Waals surface area contributed by atoms with Crippen LogP contribution in [0.2, 0.25) is 0 Å². The number of hydrogen-bond donors (Lipinski definition) is 0. The molecule has 7 nitrogen and oxygen atoms in total. The standard InChI is InChI=1S/C15H18FN3O4S/c1-4-23-15(20)12-10-17-19(24(21,22)18(2)3)14(12)9-11-7-5-6-8-13(11)16/h5-8,10H,4,9H2,1-3H3. The van der Waals surface area contributed by atoms with Crippen molar-refractivity contribution < 1.29 is 22.3 Å². The zero-order valence-corrected chi connectivity index (χ0v) is 14.4. The van der Waals surface area contributed by atoms with Crippen LogP contribution >= 0.6 is 0 Å². The van der Waals surface area contributed by atoms with Gasteiger partial charge in [-0.2, -0.15) is 17.8 Å². The van der Waals surface area contributed by atoms with Gasteiger partial charge in [0.15, 0.2) is 0 Å². The van der Waals surface area contributed by atoms with E-state index in [1.165, 1.54) is 32.3 Å². The van der Waals surface area contributed by atoms with Gasteiger partial charge in [0, 0.05) is 20.5 Å². The lowest BCUT2D eigenvalue weighted by Gasteiger charge is -2.14. The van der Waals surface area contributed by atoms with Crippen LogP contribution in [0.1, 0.15) is 28.5 Å². The molecule has 0 radical (unpaired) electrons. The van der Waals surface area contributed by atoms with Crippen molar-refractivity contribution in [1.82, 2.24) is 13.5 Å². The average molecular weight is 355 g/mol. The Morgan fingerprint density at radius 1 is 1.33 bits per heavy atom. The van der Waals surface area contributed by atoms with Crippen molar-refractivity contribution in [3.8, 4) is 0 Å². The van der Waals surface area contributed by atoms with Crippen molar-refractivity contribution in [2.24, 2.45) is 0 Å². The van der Waals surface area contributed by atoms with Gasteiger partial charge in [-0.15, -0.1) is 4.09 Å². The molecule has 0 spiro atoms. The Morgan fingerprint density at radius 3 is 2.58 bits per heavy atom. The first-order chi connectivity index (χ1) is 11.3. The van der Waals surface area contributed by atoms with Crippen LogP contribution in [0.4, 0.5) is 4.39 Å². The van der Waals surface area contributed by atoms with E-state index < -0.39 is 22.0 Å². The van der Waals surface area contributed by atoms with E-state index in [1.807, 2.05) is 0 Å². The number of hydrogen-bond acceptors (Lipinski definition) is 5. The SMILES string of the molecule is CCOC(=O)c1cnn(S(=O)(=O)N(C)C)c1Cc1ccccc1F. The van der Waals surface area contributed by atoms with Crippen LogP contribution in [-0.2, 0) is 21.4 Å². The van der Waals surface area contributed by atoms with E-state index in [-0.39, 0.29) is 29.8 Å². The van der Waals surface area contributed by atoms with Crippen LogP contribution in [0.5, 0.6) is 0 Å². The number of carbonyl (C=O) groups excluding carboxylic acids is 1. The van der Waals surface area contributed by atoms with Gasteiger partial charge in [-0.25, -0.2) is 9.18 Å². The van der Waals surface area contributed by atoms with Crippen LogP contribution in [0.25, 0.3) is 0 Å². The van der Waals surface area contributed by atoms with Gasteiger partial charge in [0.1, 0.15) is 11.4 Å². The summed E-state index contributed by atoms with van der Waals surface area (Å²) < 4.78 is 45.4. The van der Waals surface area contributed by atoms with Gasteiger partial charge < -0.3 is 4.74 Å². The number of halogens is 1. The maximum atomic E-state index is 13.9. The second-order valence-corrected chi connectivity index (χ2v) is 7.10. The molecule has 2 rings (SSSR count). The van der Waals surface area contributed by atoms with Crippen LogP contribution in [-0.4, -0.2) is 48.6 Å². The molecule has 0 fully saturated rings. The molecule has 0 atom stereocenters. The average Bonchev–Trinajstić information content (AvgIpc) is 2.94. The molecule has 0 aliphatic rings. The fourth-order valence-corrected chi connectivity index (χ4v) is 2.99. The largest absolute Gasteiger partial charge is 0.462 e. The minimum absolute atomic E-state index is 0.00877. The summed E-state index contributed by atoms with van der Waals surface area (Å²) >= 11 is 0. The number of nitrogens with zero attached hydrogens (tertiary/aromatic N) is 3. The summed E-state index contributed by atoms with van der Waals surface area (Å²) in [5, 5.41) is 3.80. The summed E-state index contributed by atoms with van der Waals surface area (Å²) in [5.74, 6) is -1.20. The number of ether oxygens (including phenoxy) is 1. The molecule has 0 amide bonds. The van der Waals surface area contributed by atoms with Crippen LogP contribution in [0.3, 0.4) is 0 Å². The topological polar surface area (TPSA) is 81.5 Å². The first-order valence-corrected chi connectivity index (χ1v) is 8.59. The maximum absolute atomic E-state index is 13.9. The van der Waals surface area contributed by atoms with Crippen LogP contribution in [0.15, 0.2) is 30.5 Å². The Morgan fingerprint density at radius 2 is 2.00 bits per heavy atom. The molecule has 1 aromatic carbocycles. The Balaban J connectivity index is 2.58. The second-order valence-electron chi connectivity index (χ2n) is 5.13. The Labute approximate surface area is 139 Å². The number of benzene rings is 1. The molecule has 1 aromatic heterocycles. The monoisotopic (exact) mass is 355 g/mol. The van der Waals surface area contributed by atoms with Crippen molar-refractivity contribution >= 4 is 16.2 Å². The molecule has 130 valence electrons. The predicted octanol–water partition coefficient (Wildman–Crippen LogP) is 1.44. The Bertz CT molecular complexity index is 846. The minimum Gasteiger partial charge on any atom is -0.462 e. The van der Waals surface area contributed by atoms with Crippen LogP contribution in [0, 0.1) is 5.82 Å². The minimum atomic E-state index is -3.96. The van der Waals surface area contributed by atoms with Crippen molar-refractivity contribution in [2.45, 2.75) is 13.3 Å². The molecule has 0 bridgehead atoms. The van der Waals surface area contributed by atoms with Crippen molar-refractivity contribution in [2.75, 3.05) is 20.7 Å². The molecular weight excluding hydrogens is 337 g/mol. The highest BCUT2D eigenvalue weighted by Crippen LogP contribution is 2.20. The highest BCUT2D eigenvalue weighted by atomic mass is 32.2. The lowest BCUT2D eigenvalue weighted by Crippen LogP contribution is -2.31. The fraction of sp³-hybridized carbons (Fsp3) is 0.333. The normalized spacial score (nSPS) is 11.7. The van der Waals surface area contributed by atoms with Crippen molar-refractivity contribution in [3.63, 3.8) is 0 Å². The van der Waals surface area contributed by atoms with Crippen molar-refractivity contribution in [3.05, 3.63) is 53.1 Å². The molecule has 9 heteroatoms. The van der Waals surface area contributed by atoms with E-state index in [0.717, 1.165) is 14.6 Å². The molecule has 0 saturated heterocycles. The van der Waals surface area contributed by atoms with Gasteiger partial charge in [-0.3, -0.25) is 0 Å². The summed E-state index contributed by atoms with van der Waals surface area (Å²) in [4.78, 5) is 12.1. The third kappa shape index (κ3) is 3.46. The third-order valence-corrected chi connectivity index (χ3v) is 5.00. The number of aromatic nitrogens is 2. The molecule has 0 unspecified atom stereocenters. The summed E-state index contributed by atoms with van der Waals surface area (Å²) in [7, 11) is -1.28. The van der Waals surface area contributed by atoms with Gasteiger partial charge in [0.05, 0.1) is 18.5 Å². The van der Waals surface area contributed by atoms with E-state index in [2.05, 4.69) is 5.10 Å². The molecule has 0 aliphatic carbocycles. The zero-order chi connectivity index (χ0) is 17.9. The van der Waals surface area contributed by atoms with Gasteiger partial charge >= 0.3 is 16.2 Å². The molecule has 2 aromatic rings. The quantitative estimate of drug-likeness (QED) is 0.733. The first kappa shape index (κ1) is 18.1. The van der Waals surface area contributed by atoms with Gasteiger partial charge in [0.25, 0.3) is 0 Å². The molecule has 1 heterocycles. The number of esters is 1. The highest BCUT2D eigenvalue weighted by molar-refractivity contribution is 7.87. The van der Waals surface area contributed by atoms with Gasteiger partial charge in [-0.1, -0.05) is 18.2 Å². The molecule has 24 heavy (non-hydrogen) atoms. The number of rotatable bonds is 6. The summed E-state index contributed by atoms with van der Waals surface area (Å²) in [6.07, 6.45) is 1.00. The molecular formula is C15H18FN3O4S. The predicted molar refractivity (Wildman–Crippen MR) is 85.4 cm³/mol. The number of carbonyl (C=O) groups is 1. The van der Waals surface area contributed by atoms with Gasteiger partial charge in [0.2, 0.25) is 0 Å². The van der Waals surface area contributed by atoms with Crippen molar-refractivity contribution in [1.29, 1.82) is 0 Å². The van der Waals surface area contributed by atoms with E-state index in [4.69, 9.17) is 4.74 Å². The summed E-state index contributed by atoms with van der Waals surface area (Å²) in [5.41, 5.74) is 0.288. The first-order valence-electron chi connectivity index (χ1n) is 7.19. The third-order valence-electron chi connectivity index (χ3n) is 3.32. The highest BCUT2D eigenvalue weighted by Gasteiger charge is 2.27. The summed E-state index contributed by atoms with van der Waals surface area (Å²) in [6.45, 7) is 1.76. The van der Waals surface area contributed by atoms with E-state index in [9.17, 15) is 17.6 Å². The molecule has 0 aliphatic heterocycles. The maximum Gasteiger partial charge on any atom is 0.341 e. The fourth-order valence-electron chi connectivity index (χ4n) is 2.08. The zero-order valence-electron chi connectivity index (χ0n) is 13.6. The molecule has 0 N–H and O–H groups in total. The van der Waals surface area contributed by atoms with Crippen LogP contribution < -0.4 is 0 Å². The van der Waals surface area contributed by atoms with E-state index in [0.29, 0.717) is 0 Å². The lowest BCUT2D eigenvalue weighted by atomic mass is 10.1. The lowest BCUT2D eigenvalue weighted by molar-refractivity contribution is 0.0525. The smallest absolute Gasteiger partial charge is 0.341 e. The summed E-state index contributed by atoms with van der Waals surface area (Å²) in [6, 6.07) is 5.94. The van der Waals surface area contributed by atoms with E-state index in [1.54, 1.807) is 13.0 Å². The Kier molecular flexibility index (Phi) is 5.35. The van der Waals surface area contributed by atoms with Gasteiger partial charge in [-0.05, 0) is 18.6 Å². The van der Waals surface area contributed by atoms with E-state index >= 15 is 0 Å². The molecule has 0 saturated carbocycles. The second kappa shape index (κ2) is 7.10. The Hall–Kier alpha value is -2.26.